The minimum absolute atomic E-state index is 0.379. The van der Waals surface area contributed by atoms with Crippen molar-refractivity contribution in [1.82, 2.24) is 15.5 Å². The maximum absolute atomic E-state index is 13.2. The van der Waals surface area contributed by atoms with Gasteiger partial charge in [0.2, 0.25) is 5.91 Å². The smallest absolute Gasteiger partial charge is 0.325 e. The lowest BCUT2D eigenvalue weighted by Gasteiger charge is -2.23. The van der Waals surface area contributed by atoms with Gasteiger partial charge in [-0.3, -0.25) is 14.5 Å². The van der Waals surface area contributed by atoms with Gasteiger partial charge in [0.05, 0.1) is 17.7 Å². The van der Waals surface area contributed by atoms with Gasteiger partial charge in [0.15, 0.2) is 0 Å². The maximum atomic E-state index is 13.2. The van der Waals surface area contributed by atoms with Crippen LogP contribution in [0.15, 0.2) is 66.0 Å². The predicted molar refractivity (Wildman–Crippen MR) is 124 cm³/mol. The van der Waals surface area contributed by atoms with Crippen LogP contribution >= 0.6 is 11.3 Å². The molecule has 0 bridgehead atoms. The lowest BCUT2D eigenvalue weighted by atomic mass is 9.91. The molecule has 0 saturated carbocycles. The molecule has 2 atom stereocenters. The number of imide groups is 1. The number of nitrogens with zero attached hydrogens (tertiary/aromatic N) is 2. The minimum atomic E-state index is -1.35. The molecule has 166 valence electrons. The van der Waals surface area contributed by atoms with Crippen LogP contribution in [0.3, 0.4) is 0 Å². The Balaban J connectivity index is 1.53. The quantitative estimate of drug-likeness (QED) is 0.551. The molecule has 8 heteroatoms. The number of nitrogens with one attached hydrogen (secondary N) is 2. The third kappa shape index (κ3) is 4.36. The van der Waals surface area contributed by atoms with E-state index in [1.807, 2.05) is 54.8 Å². The zero-order chi connectivity index (χ0) is 23.6. The van der Waals surface area contributed by atoms with Gasteiger partial charge in [-0.1, -0.05) is 48.0 Å². The molecular weight excluding hydrogens is 436 g/mol. The van der Waals surface area contributed by atoms with E-state index in [-0.39, 0.29) is 0 Å². The van der Waals surface area contributed by atoms with Crippen LogP contribution in [-0.2, 0) is 15.1 Å². The van der Waals surface area contributed by atoms with Crippen LogP contribution < -0.4 is 10.6 Å². The van der Waals surface area contributed by atoms with Crippen molar-refractivity contribution in [3.8, 4) is 6.07 Å². The molecule has 1 aromatic heterocycles. The number of aryl methyl sites for hydroxylation is 1. The summed E-state index contributed by atoms with van der Waals surface area (Å²) in [6.07, 6.45) is 0. The molecule has 3 aromatic rings. The van der Waals surface area contributed by atoms with E-state index in [1.54, 1.807) is 31.2 Å². The summed E-state index contributed by atoms with van der Waals surface area (Å²) in [5.41, 5.74) is 1.53. The molecule has 0 aliphatic carbocycles. The van der Waals surface area contributed by atoms with Crippen LogP contribution in [-0.4, -0.2) is 29.3 Å². The van der Waals surface area contributed by atoms with Gasteiger partial charge in [-0.15, -0.1) is 11.3 Å². The molecular formula is C25H22N4O3S. The number of nitriles is 1. The zero-order valence-electron chi connectivity index (χ0n) is 18.2. The van der Waals surface area contributed by atoms with E-state index in [9.17, 15) is 14.4 Å². The van der Waals surface area contributed by atoms with E-state index in [2.05, 4.69) is 10.6 Å². The molecule has 0 spiro atoms. The molecule has 1 aliphatic heterocycles. The first-order valence-corrected chi connectivity index (χ1v) is 11.2. The number of hydrogen-bond acceptors (Lipinski definition) is 5. The highest BCUT2D eigenvalue weighted by molar-refractivity contribution is 7.10. The van der Waals surface area contributed by atoms with E-state index in [4.69, 9.17) is 5.26 Å². The van der Waals surface area contributed by atoms with E-state index in [0.29, 0.717) is 11.1 Å². The first-order chi connectivity index (χ1) is 15.8. The standard InChI is InChI=1S/C25H22N4O3S/c1-16-8-10-18(11-9-16)22(20-7-4-12-33-20)27-21(30)15-29-23(31)25(2,28-24(29)32)19-6-3-5-17(13-19)14-26/h3-13,22H,15H2,1-2H3,(H,27,30)(H,28,32)/t22-,25+/m0/s1. The monoisotopic (exact) mass is 458 g/mol. The molecule has 1 aliphatic rings. The fourth-order valence-electron chi connectivity index (χ4n) is 3.82. The Hall–Kier alpha value is -3.96. The Kier molecular flexibility index (Phi) is 5.99. The third-order valence-electron chi connectivity index (χ3n) is 5.69. The van der Waals surface area contributed by atoms with Crippen molar-refractivity contribution in [1.29, 1.82) is 5.26 Å². The first kappa shape index (κ1) is 22.2. The van der Waals surface area contributed by atoms with Gasteiger partial charge in [0.1, 0.15) is 12.1 Å². The molecule has 2 N–H and O–H groups in total. The van der Waals surface area contributed by atoms with Crippen LogP contribution in [0, 0.1) is 18.3 Å². The average molecular weight is 459 g/mol. The fourth-order valence-corrected chi connectivity index (χ4v) is 4.62. The molecule has 33 heavy (non-hydrogen) atoms. The van der Waals surface area contributed by atoms with Crippen molar-refractivity contribution in [3.63, 3.8) is 0 Å². The molecule has 2 aromatic carbocycles. The summed E-state index contributed by atoms with van der Waals surface area (Å²) >= 11 is 1.52. The summed E-state index contributed by atoms with van der Waals surface area (Å²) in [6, 6.07) is 19.2. The second-order valence-corrected chi connectivity index (χ2v) is 9.04. The number of thiophene rings is 1. The van der Waals surface area contributed by atoms with Gasteiger partial charge >= 0.3 is 6.03 Å². The second kappa shape index (κ2) is 8.88. The lowest BCUT2D eigenvalue weighted by molar-refractivity contribution is -0.135. The number of benzene rings is 2. The number of hydrogen-bond donors (Lipinski definition) is 2. The topological polar surface area (TPSA) is 102 Å². The van der Waals surface area contributed by atoms with E-state index >= 15 is 0 Å². The molecule has 7 nitrogen and oxygen atoms in total. The molecule has 1 fully saturated rings. The van der Waals surface area contributed by atoms with Gasteiger partial charge in [0, 0.05) is 4.88 Å². The summed E-state index contributed by atoms with van der Waals surface area (Å²) in [4.78, 5) is 40.6. The van der Waals surface area contributed by atoms with Crippen LogP contribution in [0.2, 0.25) is 0 Å². The van der Waals surface area contributed by atoms with Crippen molar-refractivity contribution in [2.75, 3.05) is 6.54 Å². The summed E-state index contributed by atoms with van der Waals surface area (Å²) in [5, 5.41) is 16.7. The van der Waals surface area contributed by atoms with Gasteiger partial charge in [-0.05, 0) is 48.6 Å². The van der Waals surface area contributed by atoms with Gasteiger partial charge in [0.25, 0.3) is 5.91 Å². The lowest BCUT2D eigenvalue weighted by Crippen LogP contribution is -2.44. The third-order valence-corrected chi connectivity index (χ3v) is 6.63. The average Bonchev–Trinajstić information content (AvgIpc) is 3.42. The van der Waals surface area contributed by atoms with Gasteiger partial charge in [-0.25, -0.2) is 4.79 Å². The van der Waals surface area contributed by atoms with Gasteiger partial charge < -0.3 is 10.6 Å². The highest BCUT2D eigenvalue weighted by Gasteiger charge is 2.49. The van der Waals surface area contributed by atoms with Crippen molar-refractivity contribution in [2.45, 2.75) is 25.4 Å². The zero-order valence-corrected chi connectivity index (χ0v) is 19.0. The van der Waals surface area contributed by atoms with Crippen molar-refractivity contribution in [2.24, 2.45) is 0 Å². The second-order valence-electron chi connectivity index (χ2n) is 8.07. The molecule has 0 radical (unpaired) electrons. The largest absolute Gasteiger partial charge is 0.343 e. The van der Waals surface area contributed by atoms with Crippen LogP contribution in [0.4, 0.5) is 4.79 Å². The van der Waals surface area contributed by atoms with E-state index in [1.165, 1.54) is 11.3 Å². The maximum Gasteiger partial charge on any atom is 0.325 e. The van der Waals surface area contributed by atoms with Crippen LogP contribution in [0.5, 0.6) is 0 Å². The Labute approximate surface area is 195 Å². The summed E-state index contributed by atoms with van der Waals surface area (Å²) in [5.74, 6) is -0.992. The van der Waals surface area contributed by atoms with E-state index < -0.39 is 36.0 Å². The van der Waals surface area contributed by atoms with Gasteiger partial charge in [-0.2, -0.15) is 5.26 Å². The Morgan fingerprint density at radius 2 is 1.94 bits per heavy atom. The summed E-state index contributed by atoms with van der Waals surface area (Å²) in [7, 11) is 0. The van der Waals surface area contributed by atoms with Crippen molar-refractivity contribution >= 4 is 29.2 Å². The number of urea groups is 1. The Morgan fingerprint density at radius 3 is 2.61 bits per heavy atom. The highest BCUT2D eigenvalue weighted by Crippen LogP contribution is 2.30. The van der Waals surface area contributed by atoms with Crippen LogP contribution in [0.1, 0.15) is 40.1 Å². The Morgan fingerprint density at radius 1 is 1.18 bits per heavy atom. The number of carbonyl (C=O) groups is 3. The van der Waals surface area contributed by atoms with Crippen LogP contribution in [0.25, 0.3) is 0 Å². The fraction of sp³-hybridized carbons (Fsp3) is 0.200. The minimum Gasteiger partial charge on any atom is -0.343 e. The first-order valence-electron chi connectivity index (χ1n) is 10.4. The van der Waals surface area contributed by atoms with E-state index in [0.717, 1.165) is 20.9 Å². The number of amides is 4. The summed E-state index contributed by atoms with van der Waals surface area (Å²) in [6.45, 7) is 3.15. The Bertz CT molecular complexity index is 1250. The molecule has 0 unspecified atom stereocenters. The number of carbonyl (C=O) groups excluding carboxylic acids is 3. The highest BCUT2D eigenvalue weighted by atomic mass is 32.1. The normalized spacial score (nSPS) is 18.5. The van der Waals surface area contributed by atoms with Crippen molar-refractivity contribution in [3.05, 3.63) is 93.2 Å². The SMILES string of the molecule is Cc1ccc([C@H](NC(=O)CN2C(=O)N[C@](C)(c3cccc(C#N)c3)C2=O)c2cccs2)cc1. The molecule has 4 rings (SSSR count). The number of rotatable bonds is 6. The van der Waals surface area contributed by atoms with Crippen molar-refractivity contribution < 1.29 is 14.4 Å². The molecule has 2 heterocycles. The molecule has 1 saturated heterocycles. The molecule has 4 amide bonds. The summed E-state index contributed by atoms with van der Waals surface area (Å²) < 4.78 is 0. The predicted octanol–water partition coefficient (Wildman–Crippen LogP) is 3.60.